The zero-order chi connectivity index (χ0) is 20.5. The molecule has 2 amide bonds. The van der Waals surface area contributed by atoms with Gasteiger partial charge in [-0.1, -0.05) is 37.3 Å². The van der Waals surface area contributed by atoms with E-state index >= 15 is 0 Å². The van der Waals surface area contributed by atoms with Crippen LogP contribution >= 0.6 is 0 Å². The number of hydrogen-bond donors (Lipinski definition) is 2. The van der Waals surface area contributed by atoms with Gasteiger partial charge >= 0.3 is 11.9 Å². The number of imide groups is 1. The van der Waals surface area contributed by atoms with E-state index in [4.69, 9.17) is 4.74 Å². The van der Waals surface area contributed by atoms with Gasteiger partial charge in [-0.15, -0.1) is 0 Å². The summed E-state index contributed by atoms with van der Waals surface area (Å²) in [6.45, 7) is 1.52. The van der Waals surface area contributed by atoms with Crippen LogP contribution in [0.2, 0.25) is 0 Å². The maximum absolute atomic E-state index is 12.8. The minimum absolute atomic E-state index is 0.0580. The highest BCUT2D eigenvalue weighted by Crippen LogP contribution is 2.34. The maximum atomic E-state index is 12.8. The summed E-state index contributed by atoms with van der Waals surface area (Å²) in [4.78, 5) is 49.1. The number of aliphatic carboxylic acids is 2. The van der Waals surface area contributed by atoms with Gasteiger partial charge in [0, 0.05) is 0 Å². The highest BCUT2D eigenvalue weighted by atomic mass is 16.5. The first-order valence-electron chi connectivity index (χ1n) is 8.49. The molecule has 0 saturated heterocycles. The molecular formula is C20H17NO7. The van der Waals surface area contributed by atoms with E-state index in [0.29, 0.717) is 10.6 Å². The predicted octanol–water partition coefficient (Wildman–Crippen LogP) is 2.18. The number of fused-ring (bicyclic) bond motifs is 1. The summed E-state index contributed by atoms with van der Waals surface area (Å²) in [5.74, 6) is -5.19. The maximum Gasteiger partial charge on any atom is 0.341 e. The van der Waals surface area contributed by atoms with Gasteiger partial charge in [0.05, 0.1) is 11.1 Å². The molecule has 0 unspecified atom stereocenters. The van der Waals surface area contributed by atoms with Crippen molar-refractivity contribution >= 4 is 23.8 Å². The minimum atomic E-state index is -2.67. The van der Waals surface area contributed by atoms with Gasteiger partial charge in [0.1, 0.15) is 12.4 Å². The average molecular weight is 383 g/mol. The van der Waals surface area contributed by atoms with Crippen LogP contribution in [0.1, 0.15) is 39.6 Å². The van der Waals surface area contributed by atoms with Gasteiger partial charge in [-0.05, 0) is 30.2 Å². The molecule has 0 bridgehead atoms. The van der Waals surface area contributed by atoms with E-state index in [9.17, 15) is 29.4 Å². The molecule has 0 radical (unpaired) electrons. The average Bonchev–Trinajstić information content (AvgIpc) is 2.93. The van der Waals surface area contributed by atoms with E-state index in [1.54, 1.807) is 0 Å². The Labute approximate surface area is 160 Å². The van der Waals surface area contributed by atoms with E-state index in [1.165, 1.54) is 25.1 Å². The van der Waals surface area contributed by atoms with Crippen molar-refractivity contribution in [1.82, 2.24) is 4.90 Å². The van der Waals surface area contributed by atoms with Crippen molar-refractivity contribution in [3.8, 4) is 5.75 Å². The Kier molecular flexibility index (Phi) is 4.87. The lowest BCUT2D eigenvalue weighted by Crippen LogP contribution is -2.61. The fourth-order valence-corrected chi connectivity index (χ4v) is 3.14. The molecule has 2 aromatic rings. The Hall–Kier alpha value is -3.68. The van der Waals surface area contributed by atoms with Crippen LogP contribution in [0, 0.1) is 0 Å². The third-order valence-corrected chi connectivity index (χ3v) is 4.71. The second kappa shape index (κ2) is 7.15. The molecule has 2 N–H and O–H groups in total. The van der Waals surface area contributed by atoms with E-state index in [0.717, 1.165) is 5.56 Å². The summed E-state index contributed by atoms with van der Waals surface area (Å²) in [6, 6.07) is 13.4. The SMILES string of the molecule is CCC(C(=O)O)(C(=O)O)N1C(=O)c2ccc(OCc3ccccc3)cc2C1=O. The van der Waals surface area contributed by atoms with Crippen LogP contribution in [0.4, 0.5) is 0 Å². The lowest BCUT2D eigenvalue weighted by molar-refractivity contribution is -0.164. The van der Waals surface area contributed by atoms with Gasteiger partial charge in [0.15, 0.2) is 0 Å². The molecule has 8 nitrogen and oxygen atoms in total. The first-order valence-corrected chi connectivity index (χ1v) is 8.49. The Morgan fingerprint density at radius 3 is 2.14 bits per heavy atom. The number of ether oxygens (including phenoxy) is 1. The number of benzene rings is 2. The number of amides is 2. The number of carbonyl (C=O) groups is 4. The minimum Gasteiger partial charge on any atom is -0.489 e. The first kappa shape index (κ1) is 19.1. The van der Waals surface area contributed by atoms with Crippen LogP contribution in [-0.2, 0) is 16.2 Å². The molecule has 28 heavy (non-hydrogen) atoms. The van der Waals surface area contributed by atoms with Gasteiger partial charge in [-0.2, -0.15) is 0 Å². The van der Waals surface area contributed by atoms with Gasteiger partial charge < -0.3 is 14.9 Å². The number of carbonyl (C=O) groups excluding carboxylic acids is 2. The van der Waals surface area contributed by atoms with Gasteiger partial charge in [0.2, 0.25) is 5.54 Å². The smallest absolute Gasteiger partial charge is 0.341 e. The highest BCUT2D eigenvalue weighted by molar-refractivity contribution is 6.26. The summed E-state index contributed by atoms with van der Waals surface area (Å²) in [7, 11) is 0. The van der Waals surface area contributed by atoms with E-state index in [2.05, 4.69) is 0 Å². The van der Waals surface area contributed by atoms with Crippen LogP contribution in [0.3, 0.4) is 0 Å². The summed E-state index contributed by atoms with van der Waals surface area (Å²) < 4.78 is 5.63. The van der Waals surface area contributed by atoms with Gasteiger partial charge in [0.25, 0.3) is 11.8 Å². The molecule has 0 aliphatic carbocycles. The van der Waals surface area contributed by atoms with Gasteiger partial charge in [-0.3, -0.25) is 9.59 Å². The Bertz CT molecular complexity index is 954. The standard InChI is InChI=1S/C20H17NO7/c1-2-20(18(24)25,19(26)27)21-16(22)14-9-8-13(10-15(14)17(21)23)28-11-12-6-4-3-5-7-12/h3-10H,2,11H2,1H3,(H,24,25)(H,26,27). The van der Waals surface area contributed by atoms with Crippen LogP contribution < -0.4 is 4.74 Å². The lowest BCUT2D eigenvalue weighted by Gasteiger charge is -2.31. The molecule has 0 atom stereocenters. The molecule has 1 aliphatic rings. The second-order valence-corrected chi connectivity index (χ2v) is 6.25. The summed E-state index contributed by atoms with van der Waals surface area (Å²) in [5.41, 5.74) is -1.92. The van der Waals surface area contributed by atoms with Crippen LogP contribution in [-0.4, -0.2) is 44.4 Å². The number of carboxylic acid groups (broad SMARTS) is 2. The van der Waals surface area contributed by atoms with Gasteiger partial charge in [-0.25, -0.2) is 14.5 Å². The highest BCUT2D eigenvalue weighted by Gasteiger charge is 2.58. The van der Waals surface area contributed by atoms with Crippen LogP contribution in [0.5, 0.6) is 5.75 Å². The predicted molar refractivity (Wildman–Crippen MR) is 96.0 cm³/mol. The number of hydrogen-bond acceptors (Lipinski definition) is 5. The summed E-state index contributed by atoms with van der Waals surface area (Å²) in [6.07, 6.45) is -0.472. The molecule has 3 rings (SSSR count). The Morgan fingerprint density at radius 1 is 0.964 bits per heavy atom. The van der Waals surface area contributed by atoms with Crippen molar-refractivity contribution in [3.63, 3.8) is 0 Å². The molecule has 0 aromatic heterocycles. The number of nitrogens with zero attached hydrogens (tertiary/aromatic N) is 1. The van der Waals surface area contributed by atoms with Crippen molar-refractivity contribution in [2.45, 2.75) is 25.5 Å². The molecular weight excluding hydrogens is 366 g/mol. The lowest BCUT2D eigenvalue weighted by atomic mass is 9.94. The van der Waals surface area contributed by atoms with Crippen molar-refractivity contribution in [2.24, 2.45) is 0 Å². The van der Waals surface area contributed by atoms with Crippen LogP contribution in [0.15, 0.2) is 48.5 Å². The number of rotatable bonds is 7. The topological polar surface area (TPSA) is 121 Å². The Morgan fingerprint density at radius 2 is 1.57 bits per heavy atom. The molecule has 2 aromatic carbocycles. The summed E-state index contributed by atoms with van der Waals surface area (Å²) >= 11 is 0. The Balaban J connectivity index is 1.93. The third-order valence-electron chi connectivity index (χ3n) is 4.71. The molecule has 8 heteroatoms. The van der Waals surface area contributed by atoms with E-state index in [1.807, 2.05) is 30.3 Å². The zero-order valence-electron chi connectivity index (χ0n) is 14.9. The normalized spacial score (nSPS) is 13.4. The molecule has 0 saturated carbocycles. The molecule has 0 spiro atoms. The molecule has 144 valence electrons. The van der Waals surface area contributed by atoms with Crippen molar-refractivity contribution in [3.05, 3.63) is 65.2 Å². The third kappa shape index (κ3) is 2.88. The zero-order valence-corrected chi connectivity index (χ0v) is 14.9. The fraction of sp³-hybridized carbons (Fsp3) is 0.200. The fourth-order valence-electron chi connectivity index (χ4n) is 3.14. The monoisotopic (exact) mass is 383 g/mol. The van der Waals surface area contributed by atoms with Crippen LogP contribution in [0.25, 0.3) is 0 Å². The largest absolute Gasteiger partial charge is 0.489 e. The first-order chi connectivity index (χ1) is 13.3. The second-order valence-electron chi connectivity index (χ2n) is 6.25. The van der Waals surface area contributed by atoms with Crippen molar-refractivity contribution in [2.75, 3.05) is 0 Å². The van der Waals surface area contributed by atoms with Crippen molar-refractivity contribution < 1.29 is 34.1 Å². The molecule has 1 aliphatic heterocycles. The molecule has 0 fully saturated rings. The van der Waals surface area contributed by atoms with Crippen molar-refractivity contribution in [1.29, 1.82) is 0 Å². The quantitative estimate of drug-likeness (QED) is 0.555. The van der Waals surface area contributed by atoms with E-state index < -0.39 is 35.7 Å². The molecule has 1 heterocycles. The van der Waals surface area contributed by atoms with E-state index in [-0.39, 0.29) is 17.7 Å². The number of carboxylic acids is 2. The summed E-state index contributed by atoms with van der Waals surface area (Å²) in [5, 5.41) is 19.0.